The van der Waals surface area contributed by atoms with Gasteiger partial charge in [-0.1, -0.05) is 12.1 Å². The van der Waals surface area contributed by atoms with Crippen LogP contribution in [0.3, 0.4) is 0 Å². The van der Waals surface area contributed by atoms with Crippen LogP contribution in [0, 0.1) is 5.82 Å². The van der Waals surface area contributed by atoms with Crippen LogP contribution in [-0.4, -0.2) is 22.1 Å². The first-order valence-electron chi connectivity index (χ1n) is 7.51. The van der Waals surface area contributed by atoms with Gasteiger partial charge in [0.25, 0.3) is 0 Å². The molecule has 0 aliphatic rings. The zero-order valence-electron chi connectivity index (χ0n) is 13.2. The predicted molar refractivity (Wildman–Crippen MR) is 96.9 cm³/mol. The molecule has 1 N–H and O–H groups in total. The number of hydrogen-bond acceptors (Lipinski definition) is 6. The van der Waals surface area contributed by atoms with Crippen molar-refractivity contribution in [3.8, 4) is 17.0 Å². The molecule has 25 heavy (non-hydrogen) atoms. The monoisotopic (exact) mass is 352 g/mol. The van der Waals surface area contributed by atoms with Gasteiger partial charge in [-0.2, -0.15) is 0 Å². The van der Waals surface area contributed by atoms with Crippen molar-refractivity contribution >= 4 is 33.2 Å². The van der Waals surface area contributed by atoms with E-state index < -0.39 is 5.82 Å². The number of ether oxygens (including phenoxy) is 1. The van der Waals surface area contributed by atoms with Crippen LogP contribution in [-0.2, 0) is 0 Å². The standard InChI is InChI=1S/C18H13FN4OS/c1-24-16-7-6-11(8-13(16)19)15-9-25-18(22-15)23-17-12-4-2-3-5-14(12)20-10-21-17/h2-10H,1H3,(H,20,21,22,23). The first kappa shape index (κ1) is 15.5. The molecule has 0 saturated carbocycles. The number of nitrogens with zero attached hydrogens (tertiary/aromatic N) is 3. The lowest BCUT2D eigenvalue weighted by molar-refractivity contribution is 0.386. The maximum atomic E-state index is 13.9. The summed E-state index contributed by atoms with van der Waals surface area (Å²) in [5.41, 5.74) is 2.23. The highest BCUT2D eigenvalue weighted by Crippen LogP contribution is 2.30. The fraction of sp³-hybridized carbons (Fsp3) is 0.0556. The maximum Gasteiger partial charge on any atom is 0.188 e. The van der Waals surface area contributed by atoms with Crippen molar-refractivity contribution in [2.45, 2.75) is 0 Å². The SMILES string of the molecule is COc1ccc(-c2csc(Nc3ncnc4ccccc34)n2)cc1F. The quantitative estimate of drug-likeness (QED) is 0.579. The molecule has 0 spiro atoms. The number of para-hydroxylation sites is 1. The second-order valence-electron chi connectivity index (χ2n) is 5.25. The molecule has 4 rings (SSSR count). The van der Waals surface area contributed by atoms with E-state index in [-0.39, 0.29) is 5.75 Å². The van der Waals surface area contributed by atoms with E-state index in [0.717, 1.165) is 10.9 Å². The molecule has 2 aromatic carbocycles. The number of benzene rings is 2. The molecule has 0 atom stereocenters. The van der Waals surface area contributed by atoms with Crippen molar-refractivity contribution in [1.82, 2.24) is 15.0 Å². The van der Waals surface area contributed by atoms with E-state index in [9.17, 15) is 4.39 Å². The number of halogens is 1. The van der Waals surface area contributed by atoms with Crippen LogP contribution in [0.5, 0.6) is 5.75 Å². The molecule has 0 bridgehead atoms. The van der Waals surface area contributed by atoms with Crippen LogP contribution in [0.4, 0.5) is 15.3 Å². The van der Waals surface area contributed by atoms with Gasteiger partial charge in [0.05, 0.1) is 18.3 Å². The number of thiazole rings is 1. The number of nitrogens with one attached hydrogen (secondary N) is 1. The highest BCUT2D eigenvalue weighted by molar-refractivity contribution is 7.14. The Kier molecular flexibility index (Phi) is 3.99. The van der Waals surface area contributed by atoms with Crippen LogP contribution < -0.4 is 10.1 Å². The van der Waals surface area contributed by atoms with Crippen molar-refractivity contribution in [3.05, 3.63) is 60.0 Å². The molecule has 0 amide bonds. The molecule has 4 aromatic rings. The molecule has 7 heteroatoms. The van der Waals surface area contributed by atoms with E-state index in [0.29, 0.717) is 22.2 Å². The summed E-state index contributed by atoms with van der Waals surface area (Å²) in [5, 5.41) is 6.67. The second-order valence-corrected chi connectivity index (χ2v) is 6.11. The summed E-state index contributed by atoms with van der Waals surface area (Å²) in [6.07, 6.45) is 1.51. The van der Waals surface area contributed by atoms with Gasteiger partial charge in [-0.25, -0.2) is 19.3 Å². The smallest absolute Gasteiger partial charge is 0.188 e. The lowest BCUT2D eigenvalue weighted by Gasteiger charge is -2.05. The molecule has 5 nitrogen and oxygen atoms in total. The van der Waals surface area contributed by atoms with Crippen LogP contribution >= 0.6 is 11.3 Å². The van der Waals surface area contributed by atoms with Crippen LogP contribution in [0.1, 0.15) is 0 Å². The third kappa shape index (κ3) is 3.01. The third-order valence-corrected chi connectivity index (χ3v) is 4.48. The summed E-state index contributed by atoms with van der Waals surface area (Å²) >= 11 is 1.43. The highest BCUT2D eigenvalue weighted by atomic mass is 32.1. The van der Waals surface area contributed by atoms with E-state index in [1.807, 2.05) is 29.6 Å². The predicted octanol–water partition coefficient (Wildman–Crippen LogP) is 4.64. The Bertz CT molecular complexity index is 1040. The number of hydrogen-bond donors (Lipinski definition) is 1. The molecule has 0 aliphatic carbocycles. The lowest BCUT2D eigenvalue weighted by Crippen LogP contribution is -1.95. The van der Waals surface area contributed by atoms with E-state index in [1.54, 1.807) is 12.1 Å². The van der Waals surface area contributed by atoms with Gasteiger partial charge in [-0.3, -0.25) is 0 Å². The number of methoxy groups -OCH3 is 1. The van der Waals surface area contributed by atoms with Gasteiger partial charge in [0.2, 0.25) is 0 Å². The van der Waals surface area contributed by atoms with Gasteiger partial charge < -0.3 is 10.1 Å². The Balaban J connectivity index is 1.64. The number of aromatic nitrogens is 3. The molecule has 0 unspecified atom stereocenters. The molecular formula is C18H13FN4OS. The van der Waals surface area contributed by atoms with Crippen molar-refractivity contribution < 1.29 is 9.13 Å². The molecule has 0 aliphatic heterocycles. The number of fused-ring (bicyclic) bond motifs is 1. The van der Waals surface area contributed by atoms with E-state index in [2.05, 4.69) is 20.3 Å². The molecule has 124 valence electrons. The zero-order chi connectivity index (χ0) is 17.2. The third-order valence-electron chi connectivity index (χ3n) is 3.72. The van der Waals surface area contributed by atoms with Crippen molar-refractivity contribution in [1.29, 1.82) is 0 Å². The lowest BCUT2D eigenvalue weighted by atomic mass is 10.1. The van der Waals surface area contributed by atoms with Crippen molar-refractivity contribution in [2.75, 3.05) is 12.4 Å². The first-order chi connectivity index (χ1) is 12.2. The van der Waals surface area contributed by atoms with Gasteiger partial charge in [0.1, 0.15) is 12.1 Å². The Morgan fingerprint density at radius 3 is 2.84 bits per heavy atom. The molecule has 0 fully saturated rings. The van der Waals surface area contributed by atoms with Gasteiger partial charge in [-0.05, 0) is 30.3 Å². The van der Waals surface area contributed by atoms with E-state index in [1.165, 1.54) is 30.8 Å². The maximum absolute atomic E-state index is 13.9. The Morgan fingerprint density at radius 2 is 2.00 bits per heavy atom. The normalized spacial score (nSPS) is 10.8. The average Bonchev–Trinajstić information content (AvgIpc) is 3.10. The Hall–Kier alpha value is -3.06. The van der Waals surface area contributed by atoms with Gasteiger partial charge in [-0.15, -0.1) is 11.3 Å². The molecule has 0 saturated heterocycles. The molecular weight excluding hydrogens is 339 g/mol. The minimum Gasteiger partial charge on any atom is -0.494 e. The summed E-state index contributed by atoms with van der Waals surface area (Å²) in [4.78, 5) is 13.0. The summed E-state index contributed by atoms with van der Waals surface area (Å²) in [6.45, 7) is 0. The number of anilines is 2. The summed E-state index contributed by atoms with van der Waals surface area (Å²) < 4.78 is 18.8. The topological polar surface area (TPSA) is 59.9 Å². The molecule has 0 radical (unpaired) electrons. The summed E-state index contributed by atoms with van der Waals surface area (Å²) in [7, 11) is 1.44. The van der Waals surface area contributed by atoms with Crippen molar-refractivity contribution in [2.24, 2.45) is 0 Å². The zero-order valence-corrected chi connectivity index (χ0v) is 14.0. The first-order valence-corrected chi connectivity index (χ1v) is 8.39. The minimum absolute atomic E-state index is 0.213. The largest absolute Gasteiger partial charge is 0.494 e. The van der Waals surface area contributed by atoms with Crippen LogP contribution in [0.15, 0.2) is 54.2 Å². The van der Waals surface area contributed by atoms with Crippen LogP contribution in [0.25, 0.3) is 22.2 Å². The molecule has 2 aromatic heterocycles. The minimum atomic E-state index is -0.413. The summed E-state index contributed by atoms with van der Waals surface area (Å²) in [5.74, 6) is 0.487. The Labute approximate surface area is 147 Å². The average molecular weight is 352 g/mol. The van der Waals surface area contributed by atoms with Gasteiger partial charge in [0, 0.05) is 16.3 Å². The molecule has 2 heterocycles. The van der Waals surface area contributed by atoms with E-state index in [4.69, 9.17) is 4.74 Å². The van der Waals surface area contributed by atoms with Gasteiger partial charge in [0.15, 0.2) is 16.7 Å². The van der Waals surface area contributed by atoms with E-state index >= 15 is 0 Å². The fourth-order valence-electron chi connectivity index (χ4n) is 2.50. The number of rotatable bonds is 4. The van der Waals surface area contributed by atoms with Crippen LogP contribution in [0.2, 0.25) is 0 Å². The Morgan fingerprint density at radius 1 is 1.12 bits per heavy atom. The fourth-order valence-corrected chi connectivity index (χ4v) is 3.21. The van der Waals surface area contributed by atoms with Gasteiger partial charge >= 0.3 is 0 Å². The summed E-state index contributed by atoms with van der Waals surface area (Å²) in [6, 6.07) is 12.5. The second kappa shape index (κ2) is 6.45. The van der Waals surface area contributed by atoms with Crippen molar-refractivity contribution in [3.63, 3.8) is 0 Å². The highest BCUT2D eigenvalue weighted by Gasteiger charge is 2.10.